The summed E-state index contributed by atoms with van der Waals surface area (Å²) in [6.07, 6.45) is 1.39. The summed E-state index contributed by atoms with van der Waals surface area (Å²) in [5.41, 5.74) is 1.53. The lowest BCUT2D eigenvalue weighted by atomic mass is 10.0. The minimum Gasteiger partial charge on any atom is -0.481 e. The fourth-order valence-electron chi connectivity index (χ4n) is 2.21. The zero-order valence-electron chi connectivity index (χ0n) is 9.68. The molecule has 1 aromatic carbocycles. The number of aliphatic carboxylic acids is 1. The number of carboxylic acid groups (broad SMARTS) is 1. The molecular weight excluding hydrogens is 266 g/mol. The van der Waals surface area contributed by atoms with E-state index in [1.165, 1.54) is 11.1 Å². The summed E-state index contributed by atoms with van der Waals surface area (Å²) in [6, 6.07) is 7.03. The predicted molar refractivity (Wildman–Crippen MR) is 68.4 cm³/mol. The molecule has 0 bridgehead atoms. The summed E-state index contributed by atoms with van der Waals surface area (Å²) in [7, 11) is 0. The second-order valence-electron chi connectivity index (χ2n) is 4.16. The largest absolute Gasteiger partial charge is 0.481 e. The highest BCUT2D eigenvalue weighted by Gasteiger charge is 2.37. The van der Waals surface area contributed by atoms with Crippen LogP contribution in [0, 0.1) is 0 Å². The van der Waals surface area contributed by atoms with Crippen molar-refractivity contribution in [3.63, 3.8) is 0 Å². The van der Waals surface area contributed by atoms with Crippen LogP contribution >= 0.6 is 11.7 Å². The maximum Gasteiger partial charge on any atom is 0.312 e. The van der Waals surface area contributed by atoms with E-state index in [0.717, 1.165) is 11.7 Å². The molecule has 2 aromatic rings. The molecule has 96 valence electrons. The highest BCUT2D eigenvalue weighted by atomic mass is 32.1. The smallest absolute Gasteiger partial charge is 0.312 e. The molecule has 0 fully saturated rings. The highest BCUT2D eigenvalue weighted by Crippen LogP contribution is 2.36. The molecule has 1 aliphatic rings. The van der Waals surface area contributed by atoms with Crippen LogP contribution in [0.25, 0.3) is 0 Å². The van der Waals surface area contributed by atoms with Gasteiger partial charge in [0.2, 0.25) is 0 Å². The second-order valence-corrected chi connectivity index (χ2v) is 4.71. The number of rotatable bonds is 2. The van der Waals surface area contributed by atoms with Gasteiger partial charge in [-0.15, -0.1) is 0 Å². The molecule has 7 heteroatoms. The van der Waals surface area contributed by atoms with Crippen LogP contribution in [0.3, 0.4) is 0 Å². The molecule has 1 amide bonds. The molecule has 2 heterocycles. The van der Waals surface area contributed by atoms with E-state index in [1.807, 2.05) is 0 Å². The van der Waals surface area contributed by atoms with E-state index in [4.69, 9.17) is 0 Å². The molecule has 6 nitrogen and oxygen atoms in total. The summed E-state index contributed by atoms with van der Waals surface area (Å²) in [5, 5.41) is 9.23. The molecule has 0 saturated heterocycles. The first-order chi connectivity index (χ1) is 9.18. The number of benzene rings is 1. The van der Waals surface area contributed by atoms with Gasteiger partial charge in [0.15, 0.2) is 5.69 Å². The van der Waals surface area contributed by atoms with Crippen LogP contribution in [0.1, 0.15) is 22.0 Å². The summed E-state index contributed by atoms with van der Waals surface area (Å²) >= 11 is 0.951. The number of carbonyl (C=O) groups excluding carboxylic acids is 1. The molecule has 1 atom stereocenters. The lowest BCUT2D eigenvalue weighted by Crippen LogP contribution is -2.31. The Kier molecular flexibility index (Phi) is 2.75. The van der Waals surface area contributed by atoms with Gasteiger partial charge >= 0.3 is 5.97 Å². The molecule has 19 heavy (non-hydrogen) atoms. The van der Waals surface area contributed by atoms with E-state index in [9.17, 15) is 14.7 Å². The minimum absolute atomic E-state index is 0.130. The standard InChI is InChI=1S/C12H9N3O3S/c16-11(9-5-13-19-14-9)15-6-8(12(17)18)7-3-1-2-4-10(7)15/h1-5,8H,6H2,(H,17,18). The number of para-hydroxylation sites is 1. The van der Waals surface area contributed by atoms with Gasteiger partial charge in [0.25, 0.3) is 5.91 Å². The van der Waals surface area contributed by atoms with Crippen molar-refractivity contribution in [1.29, 1.82) is 0 Å². The van der Waals surface area contributed by atoms with E-state index in [2.05, 4.69) is 8.75 Å². The molecule has 0 spiro atoms. The van der Waals surface area contributed by atoms with Crippen molar-refractivity contribution in [2.45, 2.75) is 5.92 Å². The number of carboxylic acids is 1. The Labute approximate surface area is 112 Å². The Morgan fingerprint density at radius 1 is 1.37 bits per heavy atom. The van der Waals surface area contributed by atoms with Crippen molar-refractivity contribution >= 4 is 29.3 Å². The van der Waals surface area contributed by atoms with Gasteiger partial charge in [0.1, 0.15) is 5.92 Å². The fourth-order valence-corrected chi connectivity index (χ4v) is 2.62. The molecule has 1 N–H and O–H groups in total. The number of carbonyl (C=O) groups is 2. The Morgan fingerprint density at radius 2 is 2.16 bits per heavy atom. The van der Waals surface area contributed by atoms with Crippen molar-refractivity contribution in [2.24, 2.45) is 0 Å². The summed E-state index contributed by atoms with van der Waals surface area (Å²) < 4.78 is 7.69. The number of nitrogens with zero attached hydrogens (tertiary/aromatic N) is 3. The van der Waals surface area contributed by atoms with E-state index in [0.29, 0.717) is 11.3 Å². The Balaban J connectivity index is 2.01. The minimum atomic E-state index is -0.931. The predicted octanol–water partition coefficient (Wildman–Crippen LogP) is 1.37. The highest BCUT2D eigenvalue weighted by molar-refractivity contribution is 6.99. The lowest BCUT2D eigenvalue weighted by Gasteiger charge is -2.15. The van der Waals surface area contributed by atoms with E-state index in [-0.39, 0.29) is 18.1 Å². The second kappa shape index (κ2) is 4.43. The van der Waals surface area contributed by atoms with Crippen molar-refractivity contribution in [2.75, 3.05) is 11.4 Å². The number of hydrogen-bond donors (Lipinski definition) is 1. The molecule has 0 radical (unpaired) electrons. The maximum atomic E-state index is 12.3. The normalized spacial score (nSPS) is 17.3. The van der Waals surface area contributed by atoms with Crippen molar-refractivity contribution in [3.8, 4) is 0 Å². The van der Waals surface area contributed by atoms with E-state index < -0.39 is 11.9 Å². The topological polar surface area (TPSA) is 83.4 Å². The average Bonchev–Trinajstić information content (AvgIpc) is 3.05. The van der Waals surface area contributed by atoms with Crippen LogP contribution in [-0.4, -0.2) is 32.3 Å². The zero-order chi connectivity index (χ0) is 13.4. The van der Waals surface area contributed by atoms with Gasteiger partial charge in [-0.1, -0.05) is 18.2 Å². The third-order valence-electron chi connectivity index (χ3n) is 3.09. The van der Waals surface area contributed by atoms with Gasteiger partial charge in [0.05, 0.1) is 17.9 Å². The van der Waals surface area contributed by atoms with Gasteiger partial charge < -0.3 is 10.0 Å². The van der Waals surface area contributed by atoms with Gasteiger partial charge in [-0.25, -0.2) is 0 Å². The Hall–Kier alpha value is -2.28. The summed E-state index contributed by atoms with van der Waals surface area (Å²) in [6.45, 7) is 0.130. The lowest BCUT2D eigenvalue weighted by molar-refractivity contribution is -0.138. The molecular formula is C12H9N3O3S. The third-order valence-corrected chi connectivity index (χ3v) is 3.57. The number of amides is 1. The molecule has 0 aliphatic carbocycles. The molecule has 1 unspecified atom stereocenters. The third kappa shape index (κ3) is 1.88. The van der Waals surface area contributed by atoms with Gasteiger partial charge in [-0.05, 0) is 11.6 Å². The number of aromatic nitrogens is 2. The molecule has 3 rings (SSSR count). The SMILES string of the molecule is O=C(O)C1CN(C(=O)c2cnsn2)c2ccccc21. The Bertz CT molecular complexity index is 641. The van der Waals surface area contributed by atoms with Crippen LogP contribution in [0.5, 0.6) is 0 Å². The first-order valence-electron chi connectivity index (χ1n) is 5.59. The summed E-state index contributed by atoms with van der Waals surface area (Å²) in [5.74, 6) is -1.93. The number of anilines is 1. The van der Waals surface area contributed by atoms with Crippen LogP contribution in [0.4, 0.5) is 5.69 Å². The van der Waals surface area contributed by atoms with Crippen LogP contribution in [0.2, 0.25) is 0 Å². The number of fused-ring (bicyclic) bond motifs is 1. The Morgan fingerprint density at radius 3 is 2.84 bits per heavy atom. The quantitative estimate of drug-likeness (QED) is 0.894. The number of hydrogen-bond acceptors (Lipinski definition) is 5. The fraction of sp³-hybridized carbons (Fsp3) is 0.167. The van der Waals surface area contributed by atoms with Gasteiger partial charge in [-0.2, -0.15) is 8.75 Å². The zero-order valence-corrected chi connectivity index (χ0v) is 10.5. The maximum absolute atomic E-state index is 12.3. The summed E-state index contributed by atoms with van der Waals surface area (Å²) in [4.78, 5) is 25.0. The van der Waals surface area contributed by atoms with E-state index in [1.54, 1.807) is 24.3 Å². The van der Waals surface area contributed by atoms with Crippen molar-refractivity contribution in [1.82, 2.24) is 8.75 Å². The average molecular weight is 275 g/mol. The van der Waals surface area contributed by atoms with Crippen molar-refractivity contribution in [3.05, 3.63) is 41.7 Å². The first-order valence-corrected chi connectivity index (χ1v) is 6.32. The molecule has 0 saturated carbocycles. The van der Waals surface area contributed by atoms with Crippen LogP contribution < -0.4 is 4.90 Å². The van der Waals surface area contributed by atoms with Crippen LogP contribution in [-0.2, 0) is 4.79 Å². The van der Waals surface area contributed by atoms with Gasteiger partial charge in [-0.3, -0.25) is 9.59 Å². The van der Waals surface area contributed by atoms with E-state index >= 15 is 0 Å². The molecule has 1 aliphatic heterocycles. The van der Waals surface area contributed by atoms with Crippen LogP contribution in [0.15, 0.2) is 30.5 Å². The first kappa shape index (κ1) is 11.8. The molecule has 1 aromatic heterocycles. The van der Waals surface area contributed by atoms with Gasteiger partial charge in [0, 0.05) is 12.2 Å². The monoisotopic (exact) mass is 275 g/mol. The van der Waals surface area contributed by atoms with Crippen molar-refractivity contribution < 1.29 is 14.7 Å².